The van der Waals surface area contributed by atoms with Gasteiger partial charge in [-0.3, -0.25) is 0 Å². The second kappa shape index (κ2) is 5.21. The molecule has 5 nitrogen and oxygen atoms in total. The van der Waals surface area contributed by atoms with Crippen LogP contribution in [0, 0.1) is 0 Å². The van der Waals surface area contributed by atoms with Gasteiger partial charge in [0.25, 0.3) is 0 Å². The van der Waals surface area contributed by atoms with Crippen molar-refractivity contribution in [2.75, 3.05) is 16.8 Å². The molecule has 98 valence electrons. The first kappa shape index (κ1) is 13.3. The van der Waals surface area contributed by atoms with E-state index in [0.717, 1.165) is 5.69 Å². The number of nitrogens with one attached hydrogen (secondary N) is 2. The maximum absolute atomic E-state index is 11.3. The first-order valence-corrected chi connectivity index (χ1v) is 7.70. The molecule has 1 aromatic rings. The molecular weight excluding hydrogens is 272 g/mol. The van der Waals surface area contributed by atoms with E-state index in [1.54, 1.807) is 0 Å². The number of anilines is 1. The van der Waals surface area contributed by atoms with Crippen LogP contribution in [0.3, 0.4) is 0 Å². The number of aliphatic hydroxyl groups excluding tert-OH is 1. The molecule has 18 heavy (non-hydrogen) atoms. The quantitative estimate of drug-likeness (QED) is 0.671. The van der Waals surface area contributed by atoms with E-state index in [-0.39, 0.29) is 11.5 Å². The van der Waals surface area contributed by atoms with Crippen LogP contribution in [0.1, 0.15) is 0 Å². The van der Waals surface area contributed by atoms with E-state index in [1.165, 1.54) is 0 Å². The molecule has 0 radical (unpaired) electrons. The number of sulfone groups is 1. The fourth-order valence-electron chi connectivity index (χ4n) is 1.82. The summed E-state index contributed by atoms with van der Waals surface area (Å²) in [7, 11) is -3.16. The average molecular weight is 286 g/mol. The summed E-state index contributed by atoms with van der Waals surface area (Å²) >= 11 is 5.07. The first-order valence-electron chi connectivity index (χ1n) is 5.47. The van der Waals surface area contributed by atoms with Crippen molar-refractivity contribution in [2.24, 2.45) is 0 Å². The van der Waals surface area contributed by atoms with Gasteiger partial charge in [-0.25, -0.2) is 8.42 Å². The zero-order chi connectivity index (χ0) is 13.2. The highest BCUT2D eigenvalue weighted by Gasteiger charge is 2.36. The third-order valence-corrected chi connectivity index (χ3v) is 4.61. The van der Waals surface area contributed by atoms with Crippen molar-refractivity contribution in [3.05, 3.63) is 30.3 Å². The Balaban J connectivity index is 1.93. The summed E-state index contributed by atoms with van der Waals surface area (Å²) in [5, 5.41) is 15.7. The van der Waals surface area contributed by atoms with Crippen LogP contribution >= 0.6 is 12.2 Å². The molecule has 0 spiro atoms. The van der Waals surface area contributed by atoms with Gasteiger partial charge in [0.15, 0.2) is 14.9 Å². The highest BCUT2D eigenvalue weighted by atomic mass is 32.2. The number of benzene rings is 1. The zero-order valence-electron chi connectivity index (χ0n) is 9.54. The molecule has 1 fully saturated rings. The predicted molar refractivity (Wildman–Crippen MR) is 74.2 cm³/mol. The average Bonchev–Trinajstić information content (AvgIpc) is 2.53. The van der Waals surface area contributed by atoms with Gasteiger partial charge >= 0.3 is 0 Å². The van der Waals surface area contributed by atoms with Gasteiger partial charge in [-0.05, 0) is 24.4 Å². The molecule has 0 aliphatic carbocycles. The van der Waals surface area contributed by atoms with Crippen LogP contribution in [-0.4, -0.2) is 42.3 Å². The van der Waals surface area contributed by atoms with Crippen LogP contribution in [0.4, 0.5) is 5.69 Å². The molecule has 0 saturated carbocycles. The van der Waals surface area contributed by atoms with Gasteiger partial charge in [-0.15, -0.1) is 0 Å². The summed E-state index contributed by atoms with van der Waals surface area (Å²) < 4.78 is 22.7. The molecule has 0 bridgehead atoms. The Morgan fingerprint density at radius 1 is 1.28 bits per heavy atom. The lowest BCUT2D eigenvalue weighted by atomic mass is 10.2. The molecule has 7 heteroatoms. The van der Waals surface area contributed by atoms with Crippen molar-refractivity contribution in [3.8, 4) is 0 Å². The fraction of sp³-hybridized carbons (Fsp3) is 0.364. The second-order valence-electron chi connectivity index (χ2n) is 4.22. The van der Waals surface area contributed by atoms with E-state index in [0.29, 0.717) is 5.11 Å². The minimum Gasteiger partial charge on any atom is -0.390 e. The number of thiocarbonyl (C=S) groups is 1. The van der Waals surface area contributed by atoms with Gasteiger partial charge < -0.3 is 15.7 Å². The van der Waals surface area contributed by atoms with Gasteiger partial charge in [-0.1, -0.05) is 18.2 Å². The first-order chi connectivity index (χ1) is 8.46. The van der Waals surface area contributed by atoms with Gasteiger partial charge in [0, 0.05) is 5.69 Å². The van der Waals surface area contributed by atoms with Gasteiger partial charge in [0.2, 0.25) is 0 Å². The monoisotopic (exact) mass is 286 g/mol. The summed E-state index contributed by atoms with van der Waals surface area (Å²) in [6.07, 6.45) is -0.912. The Hall–Kier alpha value is -1.18. The lowest BCUT2D eigenvalue weighted by molar-refractivity contribution is 0.175. The Labute approximate surface area is 111 Å². The Morgan fingerprint density at radius 2 is 1.94 bits per heavy atom. The molecule has 0 amide bonds. The summed E-state index contributed by atoms with van der Waals surface area (Å²) in [5.41, 5.74) is 0.811. The molecule has 0 aromatic heterocycles. The van der Waals surface area contributed by atoms with Crippen LogP contribution in [0.2, 0.25) is 0 Å². The molecule has 2 rings (SSSR count). The lowest BCUT2D eigenvalue weighted by Gasteiger charge is -2.17. The number of hydrogen-bond donors (Lipinski definition) is 3. The van der Waals surface area contributed by atoms with Crippen LogP contribution in [0.25, 0.3) is 0 Å². The third-order valence-electron chi connectivity index (χ3n) is 2.67. The van der Waals surface area contributed by atoms with Crippen molar-refractivity contribution in [3.63, 3.8) is 0 Å². The number of para-hydroxylation sites is 1. The van der Waals surface area contributed by atoms with E-state index >= 15 is 0 Å². The standard InChI is InChI=1S/C11H14N2O3S2/c14-10-7-18(15,16)6-9(10)13-11(17)12-8-4-2-1-3-5-8/h1-5,9-10,14H,6-7H2,(H2,12,13,17)/t9-,10+/m0/s1. The highest BCUT2D eigenvalue weighted by Crippen LogP contribution is 2.13. The van der Waals surface area contributed by atoms with Crippen molar-refractivity contribution < 1.29 is 13.5 Å². The highest BCUT2D eigenvalue weighted by molar-refractivity contribution is 7.91. The van der Waals surface area contributed by atoms with Crippen LogP contribution in [-0.2, 0) is 9.84 Å². The SMILES string of the molecule is O=S1(=O)C[C@@H](O)[C@@H](NC(=S)Nc2ccccc2)C1. The van der Waals surface area contributed by atoms with E-state index < -0.39 is 22.0 Å². The minimum absolute atomic E-state index is 0.0925. The second-order valence-corrected chi connectivity index (χ2v) is 6.78. The molecule has 2 atom stereocenters. The van der Waals surface area contributed by atoms with Crippen LogP contribution < -0.4 is 10.6 Å². The molecule has 3 N–H and O–H groups in total. The smallest absolute Gasteiger partial charge is 0.171 e. The molecule has 1 heterocycles. The Kier molecular flexibility index (Phi) is 3.84. The van der Waals surface area contributed by atoms with Crippen LogP contribution in [0.15, 0.2) is 30.3 Å². The van der Waals surface area contributed by atoms with Crippen molar-refractivity contribution >= 4 is 32.9 Å². The predicted octanol–water partition coefficient (Wildman–Crippen LogP) is 0.131. The maximum atomic E-state index is 11.3. The third kappa shape index (κ3) is 3.41. The largest absolute Gasteiger partial charge is 0.390 e. The normalized spacial score (nSPS) is 25.6. The van der Waals surface area contributed by atoms with Gasteiger partial charge in [0.05, 0.1) is 23.7 Å². The zero-order valence-corrected chi connectivity index (χ0v) is 11.2. The summed E-state index contributed by atoms with van der Waals surface area (Å²) in [4.78, 5) is 0. The summed E-state index contributed by atoms with van der Waals surface area (Å²) in [6, 6.07) is 8.75. The minimum atomic E-state index is -3.16. The molecule has 1 saturated heterocycles. The summed E-state index contributed by atoms with van der Waals surface area (Å²) in [5.74, 6) is -0.302. The van der Waals surface area contributed by atoms with Crippen molar-refractivity contribution in [1.82, 2.24) is 5.32 Å². The van der Waals surface area contributed by atoms with E-state index in [4.69, 9.17) is 12.2 Å². The van der Waals surface area contributed by atoms with Crippen molar-refractivity contribution in [2.45, 2.75) is 12.1 Å². The van der Waals surface area contributed by atoms with Crippen molar-refractivity contribution in [1.29, 1.82) is 0 Å². The number of hydrogen-bond acceptors (Lipinski definition) is 4. The molecule has 1 aliphatic rings. The summed E-state index contributed by atoms with van der Waals surface area (Å²) in [6.45, 7) is 0. The van der Waals surface area contributed by atoms with E-state index in [9.17, 15) is 13.5 Å². The number of rotatable bonds is 2. The fourth-order valence-corrected chi connectivity index (χ4v) is 3.83. The molecule has 0 unspecified atom stereocenters. The maximum Gasteiger partial charge on any atom is 0.171 e. The molecule has 1 aliphatic heterocycles. The Morgan fingerprint density at radius 3 is 2.50 bits per heavy atom. The topological polar surface area (TPSA) is 78.4 Å². The number of aliphatic hydroxyl groups is 1. The van der Waals surface area contributed by atoms with Gasteiger partial charge in [-0.2, -0.15) is 0 Å². The van der Waals surface area contributed by atoms with E-state index in [1.807, 2.05) is 30.3 Å². The molecular formula is C11H14N2O3S2. The molecule has 1 aromatic carbocycles. The van der Waals surface area contributed by atoms with E-state index in [2.05, 4.69) is 10.6 Å². The Bertz CT molecular complexity index is 530. The van der Waals surface area contributed by atoms with Crippen LogP contribution in [0.5, 0.6) is 0 Å². The lowest BCUT2D eigenvalue weighted by Crippen LogP contribution is -2.44. The van der Waals surface area contributed by atoms with Gasteiger partial charge in [0.1, 0.15) is 0 Å².